The van der Waals surface area contributed by atoms with Crippen LogP contribution < -0.4 is 5.32 Å². The van der Waals surface area contributed by atoms with Crippen LogP contribution in [0.3, 0.4) is 0 Å². The molecule has 0 aromatic heterocycles. The predicted molar refractivity (Wildman–Crippen MR) is 77.8 cm³/mol. The van der Waals surface area contributed by atoms with Crippen LogP contribution in [0.25, 0.3) is 0 Å². The van der Waals surface area contributed by atoms with Crippen LogP contribution >= 0.6 is 0 Å². The Kier molecular flexibility index (Phi) is 3.73. The van der Waals surface area contributed by atoms with E-state index in [1.54, 1.807) is 45.0 Å². The molecule has 0 bridgehead atoms. The first-order valence-corrected chi connectivity index (χ1v) is 6.78. The molecule has 1 aliphatic carbocycles. The van der Waals surface area contributed by atoms with Crippen LogP contribution in [0.1, 0.15) is 39.2 Å². The summed E-state index contributed by atoms with van der Waals surface area (Å²) in [5, 5.41) is 12.0. The summed E-state index contributed by atoms with van der Waals surface area (Å²) in [5.74, 6) is 0.0852. The zero-order chi connectivity index (χ0) is 15.7. The topological polar surface area (TPSA) is 79.2 Å². The van der Waals surface area contributed by atoms with Gasteiger partial charge in [0.15, 0.2) is 0 Å². The highest BCUT2D eigenvalue weighted by Gasteiger charge is 2.45. The molecule has 0 aliphatic heterocycles. The van der Waals surface area contributed by atoms with Crippen LogP contribution in [0.2, 0.25) is 0 Å². The number of amides is 1. The minimum absolute atomic E-state index is 0.0852. The second kappa shape index (κ2) is 5.21. The van der Waals surface area contributed by atoms with Crippen LogP contribution in [-0.4, -0.2) is 17.5 Å². The maximum absolute atomic E-state index is 11.7. The van der Waals surface area contributed by atoms with Gasteiger partial charge in [-0.3, -0.25) is 10.1 Å². The van der Waals surface area contributed by atoms with E-state index in [1.165, 1.54) is 0 Å². The van der Waals surface area contributed by atoms with E-state index in [0.29, 0.717) is 5.69 Å². The van der Waals surface area contributed by atoms with Crippen molar-refractivity contribution in [3.8, 4) is 6.07 Å². The van der Waals surface area contributed by atoms with E-state index in [0.717, 1.165) is 5.56 Å². The summed E-state index contributed by atoms with van der Waals surface area (Å²) in [6.45, 7) is 5.36. The number of ether oxygens (including phenoxy) is 1. The van der Waals surface area contributed by atoms with Gasteiger partial charge in [0.05, 0.1) is 11.5 Å². The molecular formula is C16H18N2O3. The molecular weight excluding hydrogens is 268 g/mol. The monoisotopic (exact) mass is 286 g/mol. The van der Waals surface area contributed by atoms with Gasteiger partial charge in [-0.1, -0.05) is 12.1 Å². The average molecular weight is 286 g/mol. The van der Waals surface area contributed by atoms with E-state index in [9.17, 15) is 14.9 Å². The van der Waals surface area contributed by atoms with Gasteiger partial charge in [-0.2, -0.15) is 5.26 Å². The molecule has 1 N–H and O–H groups in total. The van der Waals surface area contributed by atoms with Gasteiger partial charge < -0.3 is 4.74 Å². The largest absolute Gasteiger partial charge is 0.444 e. The van der Waals surface area contributed by atoms with Crippen LogP contribution in [-0.2, 0) is 14.9 Å². The van der Waals surface area contributed by atoms with Gasteiger partial charge in [-0.25, -0.2) is 4.79 Å². The first-order chi connectivity index (χ1) is 9.74. The van der Waals surface area contributed by atoms with Crippen molar-refractivity contribution in [1.82, 2.24) is 0 Å². The Labute approximate surface area is 123 Å². The Morgan fingerprint density at radius 2 is 2.05 bits per heavy atom. The molecule has 5 heteroatoms. The van der Waals surface area contributed by atoms with Gasteiger partial charge in [0.25, 0.3) is 0 Å². The molecule has 21 heavy (non-hydrogen) atoms. The lowest BCUT2D eigenvalue weighted by molar-refractivity contribution is -0.126. The second-order valence-corrected chi connectivity index (χ2v) is 6.29. The Balaban J connectivity index is 2.14. The number of carbonyl (C=O) groups is 2. The van der Waals surface area contributed by atoms with Crippen molar-refractivity contribution in [3.05, 3.63) is 29.8 Å². The summed E-state index contributed by atoms with van der Waals surface area (Å²) in [6, 6.07) is 9.21. The number of carbonyl (C=O) groups excluding carboxylic acids is 2. The Morgan fingerprint density at radius 1 is 1.38 bits per heavy atom. The molecule has 110 valence electrons. The summed E-state index contributed by atoms with van der Waals surface area (Å²) in [4.78, 5) is 23.0. The number of benzene rings is 1. The zero-order valence-electron chi connectivity index (χ0n) is 12.4. The first kappa shape index (κ1) is 15.0. The molecule has 5 nitrogen and oxygen atoms in total. The Morgan fingerprint density at radius 3 is 2.57 bits per heavy atom. The number of ketones is 1. The number of hydrogen-bond donors (Lipinski definition) is 1. The second-order valence-electron chi connectivity index (χ2n) is 6.29. The number of rotatable bonds is 2. The molecule has 0 atom stereocenters. The highest BCUT2D eigenvalue weighted by Crippen LogP contribution is 2.41. The van der Waals surface area contributed by atoms with E-state index < -0.39 is 17.1 Å². The van der Waals surface area contributed by atoms with E-state index in [4.69, 9.17) is 4.74 Å². The van der Waals surface area contributed by atoms with Gasteiger partial charge in [-0.05, 0) is 38.5 Å². The third-order valence-corrected chi connectivity index (χ3v) is 3.27. The van der Waals surface area contributed by atoms with Crippen molar-refractivity contribution in [2.75, 3.05) is 5.32 Å². The first-order valence-electron chi connectivity index (χ1n) is 6.78. The van der Waals surface area contributed by atoms with Crippen LogP contribution in [0.4, 0.5) is 10.5 Å². The SMILES string of the molecule is CC(C)(C)OC(=O)Nc1cccc(C2(C#N)CC(=O)C2)c1. The van der Waals surface area contributed by atoms with Crippen molar-refractivity contribution < 1.29 is 14.3 Å². The quantitative estimate of drug-likeness (QED) is 0.905. The van der Waals surface area contributed by atoms with Gasteiger partial charge >= 0.3 is 6.09 Å². The minimum Gasteiger partial charge on any atom is -0.444 e. The van der Waals surface area contributed by atoms with Crippen molar-refractivity contribution in [2.24, 2.45) is 0 Å². The average Bonchev–Trinajstić information content (AvgIpc) is 2.32. The number of nitrogens with zero attached hydrogens (tertiary/aromatic N) is 1. The van der Waals surface area contributed by atoms with Crippen LogP contribution in [0.15, 0.2) is 24.3 Å². The molecule has 1 aliphatic rings. The van der Waals surface area contributed by atoms with Crippen molar-refractivity contribution >= 4 is 17.6 Å². The van der Waals surface area contributed by atoms with Gasteiger partial charge in [0.2, 0.25) is 0 Å². The maximum atomic E-state index is 11.7. The third-order valence-electron chi connectivity index (χ3n) is 3.27. The standard InChI is InChI=1S/C16H18N2O3/c1-15(2,3)21-14(20)18-12-6-4-5-11(7-12)16(10-17)8-13(19)9-16/h4-7H,8-9H2,1-3H3,(H,18,20). The molecule has 0 unspecified atom stereocenters. The van der Waals surface area contributed by atoms with E-state index in [2.05, 4.69) is 11.4 Å². The molecule has 0 saturated heterocycles. The van der Waals surface area contributed by atoms with Gasteiger partial charge in [-0.15, -0.1) is 0 Å². The molecule has 0 heterocycles. The van der Waals surface area contributed by atoms with E-state index >= 15 is 0 Å². The molecule has 0 radical (unpaired) electrons. The molecule has 0 spiro atoms. The van der Waals surface area contributed by atoms with Crippen LogP contribution in [0.5, 0.6) is 0 Å². The zero-order valence-corrected chi connectivity index (χ0v) is 12.4. The Hall–Kier alpha value is -2.35. The number of Topliss-reactive ketones (excluding diaryl/α,β-unsaturated/α-hetero) is 1. The summed E-state index contributed by atoms with van der Waals surface area (Å²) < 4.78 is 5.18. The number of nitriles is 1. The van der Waals surface area contributed by atoms with Crippen LogP contribution in [0, 0.1) is 11.3 Å². The van der Waals surface area contributed by atoms with E-state index in [1.807, 2.05) is 0 Å². The lowest BCUT2D eigenvalue weighted by Gasteiger charge is -2.34. The fraction of sp³-hybridized carbons (Fsp3) is 0.438. The van der Waals surface area contributed by atoms with E-state index in [-0.39, 0.29) is 18.6 Å². The highest BCUT2D eigenvalue weighted by atomic mass is 16.6. The maximum Gasteiger partial charge on any atom is 0.412 e. The summed E-state index contributed by atoms with van der Waals surface area (Å²) in [5.41, 5.74) is -0.0209. The fourth-order valence-corrected chi connectivity index (χ4v) is 2.29. The van der Waals surface area contributed by atoms with Gasteiger partial charge in [0, 0.05) is 18.5 Å². The molecule has 2 rings (SSSR count). The minimum atomic E-state index is -0.747. The lowest BCUT2D eigenvalue weighted by Crippen LogP contribution is -2.40. The molecule has 1 aromatic rings. The predicted octanol–water partition coefficient (Wildman–Crippen LogP) is 3.16. The third kappa shape index (κ3) is 3.40. The molecule has 1 saturated carbocycles. The fourth-order valence-electron chi connectivity index (χ4n) is 2.29. The summed E-state index contributed by atoms with van der Waals surface area (Å²) >= 11 is 0. The van der Waals surface area contributed by atoms with Crippen molar-refractivity contribution in [1.29, 1.82) is 5.26 Å². The molecule has 1 amide bonds. The number of anilines is 1. The normalized spacial score (nSPS) is 16.6. The number of nitrogens with one attached hydrogen (secondary N) is 1. The van der Waals surface area contributed by atoms with Crippen molar-refractivity contribution in [3.63, 3.8) is 0 Å². The molecule has 1 fully saturated rings. The smallest absolute Gasteiger partial charge is 0.412 e. The summed E-state index contributed by atoms with van der Waals surface area (Å²) in [7, 11) is 0. The Bertz CT molecular complexity index is 615. The summed E-state index contributed by atoms with van der Waals surface area (Å²) in [6.07, 6.45) is -0.0750. The van der Waals surface area contributed by atoms with Crippen molar-refractivity contribution in [2.45, 2.75) is 44.6 Å². The lowest BCUT2D eigenvalue weighted by atomic mass is 9.65. The highest BCUT2D eigenvalue weighted by molar-refractivity contribution is 5.90. The number of hydrogen-bond acceptors (Lipinski definition) is 4. The molecule has 1 aromatic carbocycles. The van der Waals surface area contributed by atoms with Gasteiger partial charge in [0.1, 0.15) is 11.4 Å².